The standard InChI is InChI=1S/C14H24BrNO2/c1-8-5-6-16(7-12(8)15)14(17)13-9(2)10(3)18-11(13)4/h8-13H,5-7H2,1-4H3. The molecule has 18 heavy (non-hydrogen) atoms. The number of carbonyl (C=O) groups excluding carboxylic acids is 1. The second-order valence-electron chi connectivity index (χ2n) is 6.00. The number of piperidine rings is 1. The summed E-state index contributed by atoms with van der Waals surface area (Å²) in [5.41, 5.74) is 0. The average Bonchev–Trinajstić information content (AvgIpc) is 2.56. The van der Waals surface area contributed by atoms with Gasteiger partial charge < -0.3 is 9.64 Å². The number of rotatable bonds is 1. The number of amides is 1. The molecular weight excluding hydrogens is 294 g/mol. The van der Waals surface area contributed by atoms with E-state index in [1.807, 2.05) is 11.8 Å². The fourth-order valence-corrected chi connectivity index (χ4v) is 3.74. The Morgan fingerprint density at radius 2 is 1.89 bits per heavy atom. The van der Waals surface area contributed by atoms with Crippen LogP contribution in [0, 0.1) is 17.8 Å². The van der Waals surface area contributed by atoms with E-state index in [-0.39, 0.29) is 24.0 Å². The lowest BCUT2D eigenvalue weighted by Gasteiger charge is -2.36. The van der Waals surface area contributed by atoms with Crippen LogP contribution in [-0.4, -0.2) is 40.9 Å². The normalized spacial score (nSPS) is 45.3. The van der Waals surface area contributed by atoms with E-state index in [0.29, 0.717) is 16.7 Å². The maximum atomic E-state index is 12.6. The summed E-state index contributed by atoms with van der Waals surface area (Å²) >= 11 is 3.69. The van der Waals surface area contributed by atoms with Crippen LogP contribution in [0.1, 0.15) is 34.1 Å². The van der Waals surface area contributed by atoms with Crippen molar-refractivity contribution in [2.75, 3.05) is 13.1 Å². The minimum absolute atomic E-state index is 0.0353. The summed E-state index contributed by atoms with van der Waals surface area (Å²) in [4.78, 5) is 15.1. The van der Waals surface area contributed by atoms with Gasteiger partial charge in [0.15, 0.2) is 0 Å². The van der Waals surface area contributed by atoms with Gasteiger partial charge in [-0.15, -0.1) is 0 Å². The Bertz CT molecular complexity index is 323. The highest BCUT2D eigenvalue weighted by atomic mass is 79.9. The lowest BCUT2D eigenvalue weighted by atomic mass is 9.87. The third-order valence-electron chi connectivity index (χ3n) is 4.71. The Balaban J connectivity index is 2.03. The Morgan fingerprint density at radius 1 is 1.22 bits per heavy atom. The van der Waals surface area contributed by atoms with Gasteiger partial charge in [0.2, 0.25) is 5.91 Å². The van der Waals surface area contributed by atoms with Gasteiger partial charge in [-0.05, 0) is 32.1 Å². The van der Waals surface area contributed by atoms with Crippen LogP contribution in [-0.2, 0) is 9.53 Å². The van der Waals surface area contributed by atoms with Crippen molar-refractivity contribution in [2.24, 2.45) is 17.8 Å². The molecule has 0 saturated carbocycles. The summed E-state index contributed by atoms with van der Waals surface area (Å²) in [5.74, 6) is 1.30. The number of hydrogen-bond donors (Lipinski definition) is 0. The topological polar surface area (TPSA) is 29.5 Å². The number of halogens is 1. The number of hydrogen-bond acceptors (Lipinski definition) is 2. The molecule has 6 unspecified atom stereocenters. The molecule has 3 nitrogen and oxygen atoms in total. The van der Waals surface area contributed by atoms with Crippen LogP contribution in [0.2, 0.25) is 0 Å². The molecule has 2 aliphatic heterocycles. The van der Waals surface area contributed by atoms with Crippen molar-refractivity contribution in [3.05, 3.63) is 0 Å². The molecule has 2 fully saturated rings. The first kappa shape index (κ1) is 14.3. The van der Waals surface area contributed by atoms with Crippen LogP contribution < -0.4 is 0 Å². The monoisotopic (exact) mass is 317 g/mol. The number of likely N-dealkylation sites (tertiary alicyclic amines) is 1. The van der Waals surface area contributed by atoms with E-state index >= 15 is 0 Å². The number of nitrogens with zero attached hydrogens (tertiary/aromatic N) is 1. The SMILES string of the molecule is CC1CCN(C(=O)C2C(C)OC(C)C2C)CC1Br. The fourth-order valence-electron chi connectivity index (χ4n) is 3.13. The van der Waals surface area contributed by atoms with Crippen molar-refractivity contribution in [1.82, 2.24) is 4.90 Å². The van der Waals surface area contributed by atoms with Gasteiger partial charge >= 0.3 is 0 Å². The summed E-state index contributed by atoms with van der Waals surface area (Å²) in [6, 6.07) is 0. The van der Waals surface area contributed by atoms with Crippen LogP contribution in [0.25, 0.3) is 0 Å². The number of alkyl halides is 1. The number of carbonyl (C=O) groups is 1. The van der Waals surface area contributed by atoms with E-state index in [1.54, 1.807) is 0 Å². The van der Waals surface area contributed by atoms with E-state index in [4.69, 9.17) is 4.74 Å². The highest BCUT2D eigenvalue weighted by Crippen LogP contribution is 2.35. The zero-order valence-electron chi connectivity index (χ0n) is 11.7. The molecule has 2 saturated heterocycles. The Labute approximate surface area is 118 Å². The third-order valence-corrected chi connectivity index (χ3v) is 5.90. The van der Waals surface area contributed by atoms with Gasteiger partial charge in [0.05, 0.1) is 18.1 Å². The minimum atomic E-state index is 0.0353. The van der Waals surface area contributed by atoms with E-state index in [0.717, 1.165) is 19.5 Å². The van der Waals surface area contributed by atoms with Crippen LogP contribution in [0.3, 0.4) is 0 Å². The molecule has 0 aromatic rings. The Hall–Kier alpha value is -0.0900. The van der Waals surface area contributed by atoms with Crippen LogP contribution in [0.4, 0.5) is 0 Å². The van der Waals surface area contributed by atoms with Gasteiger partial charge in [-0.2, -0.15) is 0 Å². The zero-order valence-corrected chi connectivity index (χ0v) is 13.3. The van der Waals surface area contributed by atoms with Crippen molar-refractivity contribution >= 4 is 21.8 Å². The molecule has 104 valence electrons. The molecule has 0 bridgehead atoms. The van der Waals surface area contributed by atoms with Crippen molar-refractivity contribution in [1.29, 1.82) is 0 Å². The third kappa shape index (κ3) is 2.60. The van der Waals surface area contributed by atoms with Gasteiger partial charge in [0, 0.05) is 17.9 Å². The largest absolute Gasteiger partial charge is 0.374 e. The molecule has 1 amide bonds. The highest BCUT2D eigenvalue weighted by Gasteiger charge is 2.44. The molecule has 6 atom stereocenters. The van der Waals surface area contributed by atoms with E-state index in [9.17, 15) is 4.79 Å². The van der Waals surface area contributed by atoms with Crippen molar-refractivity contribution in [2.45, 2.75) is 51.2 Å². The quantitative estimate of drug-likeness (QED) is 0.696. The summed E-state index contributed by atoms with van der Waals surface area (Å²) in [6.45, 7) is 10.2. The van der Waals surface area contributed by atoms with Crippen molar-refractivity contribution in [3.8, 4) is 0 Å². The Kier molecular flexibility index (Phi) is 4.37. The minimum Gasteiger partial charge on any atom is -0.374 e. The molecule has 0 radical (unpaired) electrons. The van der Waals surface area contributed by atoms with Crippen molar-refractivity contribution in [3.63, 3.8) is 0 Å². The molecule has 0 aromatic heterocycles. The molecule has 2 aliphatic rings. The predicted octanol–water partition coefficient (Wildman–Crippen LogP) is 2.68. The van der Waals surface area contributed by atoms with Crippen LogP contribution in [0.5, 0.6) is 0 Å². The second-order valence-corrected chi connectivity index (χ2v) is 7.17. The molecule has 0 N–H and O–H groups in total. The van der Waals surface area contributed by atoms with E-state index in [2.05, 4.69) is 36.7 Å². The molecule has 0 aliphatic carbocycles. The van der Waals surface area contributed by atoms with E-state index in [1.165, 1.54) is 0 Å². The first-order valence-corrected chi connectivity index (χ1v) is 7.91. The average molecular weight is 318 g/mol. The first-order valence-electron chi connectivity index (χ1n) is 7.00. The van der Waals surface area contributed by atoms with Crippen LogP contribution in [0.15, 0.2) is 0 Å². The maximum Gasteiger partial charge on any atom is 0.228 e. The lowest BCUT2D eigenvalue weighted by molar-refractivity contribution is -0.139. The molecule has 4 heteroatoms. The molecule has 0 spiro atoms. The van der Waals surface area contributed by atoms with Gasteiger partial charge in [0.1, 0.15) is 0 Å². The first-order chi connectivity index (χ1) is 8.41. The van der Waals surface area contributed by atoms with Crippen LogP contribution >= 0.6 is 15.9 Å². The van der Waals surface area contributed by atoms with Gasteiger partial charge in [-0.3, -0.25) is 4.79 Å². The molecular formula is C14H24BrNO2. The number of ether oxygens (including phenoxy) is 1. The second kappa shape index (κ2) is 5.49. The summed E-state index contributed by atoms with van der Waals surface area (Å²) in [7, 11) is 0. The molecule has 2 heterocycles. The zero-order chi connectivity index (χ0) is 13.4. The summed E-state index contributed by atoms with van der Waals surface area (Å²) < 4.78 is 5.79. The van der Waals surface area contributed by atoms with Gasteiger partial charge in [-0.1, -0.05) is 29.8 Å². The van der Waals surface area contributed by atoms with Gasteiger partial charge in [-0.25, -0.2) is 0 Å². The smallest absolute Gasteiger partial charge is 0.228 e. The fraction of sp³-hybridized carbons (Fsp3) is 0.929. The highest BCUT2D eigenvalue weighted by molar-refractivity contribution is 9.09. The maximum absolute atomic E-state index is 12.6. The predicted molar refractivity (Wildman–Crippen MR) is 75.7 cm³/mol. The lowest BCUT2D eigenvalue weighted by Crippen LogP contribution is -2.48. The van der Waals surface area contributed by atoms with Crippen molar-refractivity contribution < 1.29 is 9.53 Å². The summed E-state index contributed by atoms with van der Waals surface area (Å²) in [5, 5.41) is 0. The summed E-state index contributed by atoms with van der Waals surface area (Å²) in [6.07, 6.45) is 1.33. The Morgan fingerprint density at radius 3 is 2.39 bits per heavy atom. The molecule has 0 aromatic carbocycles. The molecule has 2 rings (SSSR count). The van der Waals surface area contributed by atoms with Gasteiger partial charge in [0.25, 0.3) is 0 Å². The van der Waals surface area contributed by atoms with E-state index < -0.39 is 0 Å².